The Morgan fingerprint density at radius 1 is 1.43 bits per heavy atom. The van der Waals surface area contributed by atoms with Crippen LogP contribution in [0, 0.1) is 15.5 Å². The van der Waals surface area contributed by atoms with Crippen molar-refractivity contribution < 1.29 is 19.9 Å². The fraction of sp³-hybridized carbons (Fsp3) is 0.500. The Kier molecular flexibility index (Phi) is 5.66. The van der Waals surface area contributed by atoms with Gasteiger partial charge in [0.2, 0.25) is 0 Å². The van der Waals surface area contributed by atoms with Crippen molar-refractivity contribution in [3.8, 4) is 0 Å². The van der Waals surface area contributed by atoms with Crippen LogP contribution in [-0.4, -0.2) is 34.3 Å². The fourth-order valence-electron chi connectivity index (χ4n) is 2.04. The number of carboxylic acid groups (broad SMARTS) is 1. The number of aliphatic hydroxyl groups is 1. The maximum atomic E-state index is 11.1. The molecule has 3 N–H and O–H groups in total. The van der Waals surface area contributed by atoms with Gasteiger partial charge in [0, 0.05) is 13.2 Å². The predicted molar refractivity (Wildman–Crippen MR) is 78.6 cm³/mol. The molecule has 0 spiro atoms. The maximum Gasteiger partial charge on any atom is 0.342 e. The minimum atomic E-state index is -1.33. The summed E-state index contributed by atoms with van der Waals surface area (Å²) in [5.41, 5.74) is -0.742. The molecule has 0 radical (unpaired) electrons. The summed E-state index contributed by atoms with van der Waals surface area (Å²) < 4.78 is 0. The minimum absolute atomic E-state index is 0.0953. The van der Waals surface area contributed by atoms with Crippen LogP contribution in [0.1, 0.15) is 37.0 Å². The second-order valence-corrected chi connectivity index (χ2v) is 5.61. The van der Waals surface area contributed by atoms with Gasteiger partial charge >= 0.3 is 11.7 Å². The number of carboxylic acids is 1. The quantitative estimate of drug-likeness (QED) is 0.502. The fourth-order valence-corrected chi connectivity index (χ4v) is 2.04. The Hall–Kier alpha value is -2.15. The van der Waals surface area contributed by atoms with E-state index in [0.29, 0.717) is 13.0 Å². The molecule has 21 heavy (non-hydrogen) atoms. The number of benzene rings is 1. The molecule has 0 aliphatic heterocycles. The number of rotatable bonds is 8. The van der Waals surface area contributed by atoms with Crippen molar-refractivity contribution in [2.24, 2.45) is 5.41 Å². The zero-order chi connectivity index (χ0) is 16.0. The molecular formula is C14H20N2O5. The van der Waals surface area contributed by atoms with Crippen molar-refractivity contribution in [3.05, 3.63) is 33.9 Å². The Bertz CT molecular complexity index is 528. The van der Waals surface area contributed by atoms with E-state index in [-0.39, 0.29) is 23.3 Å². The first-order chi connectivity index (χ1) is 9.78. The highest BCUT2D eigenvalue weighted by Gasteiger charge is 2.25. The summed E-state index contributed by atoms with van der Waals surface area (Å²) in [7, 11) is 0. The normalized spacial score (nSPS) is 11.2. The third-order valence-corrected chi connectivity index (χ3v) is 3.22. The van der Waals surface area contributed by atoms with E-state index in [1.807, 2.05) is 13.8 Å². The van der Waals surface area contributed by atoms with E-state index in [1.54, 1.807) is 0 Å². The third-order valence-electron chi connectivity index (χ3n) is 3.22. The molecule has 0 aromatic heterocycles. The Balaban J connectivity index is 2.96. The molecule has 1 aromatic rings. The molecule has 0 aliphatic rings. The highest BCUT2D eigenvalue weighted by atomic mass is 16.6. The average Bonchev–Trinajstić information content (AvgIpc) is 2.42. The van der Waals surface area contributed by atoms with Gasteiger partial charge in [-0.05, 0) is 30.4 Å². The van der Waals surface area contributed by atoms with Gasteiger partial charge in [-0.15, -0.1) is 0 Å². The average molecular weight is 296 g/mol. The number of hydrogen-bond donors (Lipinski definition) is 3. The van der Waals surface area contributed by atoms with E-state index >= 15 is 0 Å². The van der Waals surface area contributed by atoms with Gasteiger partial charge in [-0.1, -0.05) is 19.9 Å². The van der Waals surface area contributed by atoms with Crippen molar-refractivity contribution in [1.82, 2.24) is 0 Å². The lowest BCUT2D eigenvalue weighted by molar-refractivity contribution is -0.384. The van der Waals surface area contributed by atoms with Gasteiger partial charge in [0.05, 0.1) is 4.92 Å². The molecule has 1 aromatic carbocycles. The van der Waals surface area contributed by atoms with Crippen molar-refractivity contribution in [2.45, 2.75) is 26.7 Å². The van der Waals surface area contributed by atoms with Crippen LogP contribution < -0.4 is 5.32 Å². The van der Waals surface area contributed by atoms with Crippen molar-refractivity contribution in [2.75, 3.05) is 18.5 Å². The van der Waals surface area contributed by atoms with Crippen LogP contribution in [0.4, 0.5) is 11.4 Å². The lowest BCUT2D eigenvalue weighted by Gasteiger charge is -2.25. The topological polar surface area (TPSA) is 113 Å². The van der Waals surface area contributed by atoms with Gasteiger partial charge < -0.3 is 15.5 Å². The highest BCUT2D eigenvalue weighted by molar-refractivity contribution is 5.95. The molecule has 0 bridgehead atoms. The SMILES string of the molecule is CC(C)(CCCO)CNc1cccc(C(=O)O)c1[N+](=O)[O-]. The van der Waals surface area contributed by atoms with E-state index < -0.39 is 16.6 Å². The number of anilines is 1. The summed E-state index contributed by atoms with van der Waals surface area (Å²) in [6.45, 7) is 4.49. The smallest absolute Gasteiger partial charge is 0.342 e. The zero-order valence-corrected chi connectivity index (χ0v) is 12.1. The molecule has 0 heterocycles. The Morgan fingerprint density at radius 3 is 2.62 bits per heavy atom. The summed E-state index contributed by atoms with van der Waals surface area (Å²) in [6, 6.07) is 4.18. The van der Waals surface area contributed by atoms with Crippen molar-refractivity contribution in [1.29, 1.82) is 0 Å². The van der Waals surface area contributed by atoms with E-state index in [0.717, 1.165) is 6.42 Å². The lowest BCUT2D eigenvalue weighted by atomic mass is 9.88. The largest absolute Gasteiger partial charge is 0.477 e. The molecule has 0 fully saturated rings. The van der Waals surface area contributed by atoms with E-state index in [4.69, 9.17) is 10.2 Å². The molecule has 0 amide bonds. The van der Waals surface area contributed by atoms with Crippen LogP contribution in [-0.2, 0) is 0 Å². The van der Waals surface area contributed by atoms with Crippen LogP contribution >= 0.6 is 0 Å². The van der Waals surface area contributed by atoms with Crippen LogP contribution in [0.5, 0.6) is 0 Å². The summed E-state index contributed by atoms with van der Waals surface area (Å²) in [4.78, 5) is 21.5. The molecule has 0 atom stereocenters. The Labute approximate surface area is 122 Å². The van der Waals surface area contributed by atoms with Crippen LogP contribution in [0.25, 0.3) is 0 Å². The Morgan fingerprint density at radius 2 is 2.10 bits per heavy atom. The molecule has 1 rings (SSSR count). The van der Waals surface area contributed by atoms with E-state index in [1.165, 1.54) is 18.2 Å². The van der Waals surface area contributed by atoms with Gasteiger partial charge in [0.15, 0.2) is 0 Å². The third kappa shape index (κ3) is 4.71. The van der Waals surface area contributed by atoms with Gasteiger partial charge in [0.1, 0.15) is 11.3 Å². The van der Waals surface area contributed by atoms with Crippen molar-refractivity contribution in [3.63, 3.8) is 0 Å². The van der Waals surface area contributed by atoms with Crippen LogP contribution in [0.3, 0.4) is 0 Å². The first-order valence-corrected chi connectivity index (χ1v) is 6.64. The zero-order valence-electron chi connectivity index (χ0n) is 12.1. The molecule has 7 nitrogen and oxygen atoms in total. The molecule has 0 saturated heterocycles. The van der Waals surface area contributed by atoms with E-state index in [9.17, 15) is 14.9 Å². The first kappa shape index (κ1) is 16.9. The van der Waals surface area contributed by atoms with Gasteiger partial charge in [-0.3, -0.25) is 10.1 Å². The maximum absolute atomic E-state index is 11.1. The van der Waals surface area contributed by atoms with Crippen molar-refractivity contribution >= 4 is 17.3 Å². The summed E-state index contributed by atoms with van der Waals surface area (Å²) in [6.07, 6.45) is 1.40. The summed E-state index contributed by atoms with van der Waals surface area (Å²) in [5, 5.41) is 31.9. The monoisotopic (exact) mass is 296 g/mol. The number of aliphatic hydroxyl groups excluding tert-OH is 1. The standard InChI is InChI=1S/C14H20N2O5/c1-14(2,7-4-8-17)9-15-11-6-3-5-10(13(18)19)12(11)16(20)21/h3,5-6,15,17H,4,7-9H2,1-2H3,(H,18,19). The highest BCUT2D eigenvalue weighted by Crippen LogP contribution is 2.30. The number of nitrogens with one attached hydrogen (secondary N) is 1. The molecule has 0 saturated carbocycles. The molecule has 0 unspecified atom stereocenters. The molecule has 116 valence electrons. The second kappa shape index (κ2) is 7.03. The second-order valence-electron chi connectivity index (χ2n) is 5.61. The van der Waals surface area contributed by atoms with Crippen LogP contribution in [0.2, 0.25) is 0 Å². The molecular weight excluding hydrogens is 276 g/mol. The number of nitro groups is 1. The number of aromatic carboxylic acids is 1. The number of carbonyl (C=O) groups is 1. The summed E-state index contributed by atoms with van der Waals surface area (Å²) >= 11 is 0. The molecule has 7 heteroatoms. The van der Waals surface area contributed by atoms with Gasteiger partial charge in [-0.25, -0.2) is 4.79 Å². The summed E-state index contributed by atoms with van der Waals surface area (Å²) in [5.74, 6) is -1.33. The number of hydrogen-bond acceptors (Lipinski definition) is 5. The van der Waals surface area contributed by atoms with E-state index in [2.05, 4.69) is 5.32 Å². The number of nitro benzene ring substituents is 1. The minimum Gasteiger partial charge on any atom is -0.477 e. The number of nitrogens with zero attached hydrogens (tertiary/aromatic N) is 1. The first-order valence-electron chi connectivity index (χ1n) is 6.64. The molecule has 0 aliphatic carbocycles. The predicted octanol–water partition coefficient (Wildman–Crippen LogP) is 2.50. The van der Waals surface area contributed by atoms with Gasteiger partial charge in [0.25, 0.3) is 0 Å². The number of para-hydroxylation sites is 1. The lowest BCUT2D eigenvalue weighted by Crippen LogP contribution is -2.24. The van der Waals surface area contributed by atoms with Gasteiger partial charge in [-0.2, -0.15) is 0 Å². The van der Waals surface area contributed by atoms with Crippen LogP contribution in [0.15, 0.2) is 18.2 Å².